The van der Waals surface area contributed by atoms with Crippen LogP contribution >= 0.6 is 0 Å². The van der Waals surface area contributed by atoms with Crippen molar-refractivity contribution in [2.75, 3.05) is 13.2 Å². The molecule has 0 spiro atoms. The summed E-state index contributed by atoms with van der Waals surface area (Å²) in [6.07, 6.45) is 4.70. The molecular weight excluding hydrogens is 264 g/mol. The Morgan fingerprint density at radius 2 is 1.81 bits per heavy atom. The van der Waals surface area contributed by atoms with E-state index in [2.05, 4.69) is 5.32 Å². The summed E-state index contributed by atoms with van der Waals surface area (Å²) in [6, 6.07) is 11.9. The number of carbonyl (C=O) groups is 1. The summed E-state index contributed by atoms with van der Waals surface area (Å²) in [6.45, 7) is 7.06. The van der Waals surface area contributed by atoms with Crippen molar-refractivity contribution in [2.45, 2.75) is 26.8 Å². The molecule has 1 atom stereocenters. The lowest BCUT2D eigenvalue weighted by molar-refractivity contribution is -0.110. The molecule has 1 aromatic heterocycles. The molecule has 21 heavy (non-hydrogen) atoms. The fourth-order valence-electron chi connectivity index (χ4n) is 1.94. The minimum atomic E-state index is -0.101. The molecule has 1 heterocycles. The molecule has 114 valence electrons. The maximum absolute atomic E-state index is 10.6. The van der Waals surface area contributed by atoms with Crippen LogP contribution in [-0.4, -0.2) is 24.2 Å². The average molecular weight is 288 g/mol. The Balaban J connectivity index is 0.00000106. The van der Waals surface area contributed by atoms with E-state index in [1.807, 2.05) is 74.1 Å². The molecular formula is C17H24N2O2. The minimum absolute atomic E-state index is 0.101. The smallest absolute Gasteiger partial charge is 0.207 e. The van der Waals surface area contributed by atoms with Gasteiger partial charge in [0.15, 0.2) is 0 Å². The van der Waals surface area contributed by atoms with Gasteiger partial charge in [-0.05, 0) is 36.8 Å². The Kier molecular flexibility index (Phi) is 7.90. The highest BCUT2D eigenvalue weighted by molar-refractivity contribution is 5.48. The molecule has 1 amide bonds. The van der Waals surface area contributed by atoms with Gasteiger partial charge in [0.05, 0.1) is 12.6 Å². The summed E-state index contributed by atoms with van der Waals surface area (Å²) < 4.78 is 7.41. The first kappa shape index (κ1) is 17.0. The third-order valence-corrected chi connectivity index (χ3v) is 2.96. The first-order valence-electron chi connectivity index (χ1n) is 7.36. The van der Waals surface area contributed by atoms with Crippen LogP contribution in [0.1, 0.15) is 32.4 Å². The highest BCUT2D eigenvalue weighted by Crippen LogP contribution is 2.16. The second kappa shape index (κ2) is 9.77. The Labute approximate surface area is 126 Å². The van der Waals surface area contributed by atoms with Gasteiger partial charge in [-0.25, -0.2) is 0 Å². The molecule has 0 aliphatic carbocycles. The number of rotatable bonds is 7. The molecule has 4 nitrogen and oxygen atoms in total. The molecule has 2 aromatic rings. The molecule has 1 N–H and O–H groups in total. The van der Waals surface area contributed by atoms with Gasteiger partial charge in [-0.1, -0.05) is 26.0 Å². The number of amides is 1. The van der Waals surface area contributed by atoms with E-state index in [-0.39, 0.29) is 6.04 Å². The van der Waals surface area contributed by atoms with E-state index in [1.165, 1.54) is 0 Å². The number of nitrogens with one attached hydrogen (secondary N) is 1. The second-order valence-electron chi connectivity index (χ2n) is 4.18. The van der Waals surface area contributed by atoms with Crippen LogP contribution < -0.4 is 5.32 Å². The lowest BCUT2D eigenvalue weighted by Crippen LogP contribution is -2.24. The van der Waals surface area contributed by atoms with Crippen LogP contribution in [0.4, 0.5) is 0 Å². The van der Waals surface area contributed by atoms with Crippen molar-refractivity contribution in [3.05, 3.63) is 54.4 Å². The quantitative estimate of drug-likeness (QED) is 0.794. The van der Waals surface area contributed by atoms with Crippen LogP contribution in [0.5, 0.6) is 0 Å². The number of aromatic nitrogens is 1. The zero-order valence-electron chi connectivity index (χ0n) is 13.0. The molecule has 0 aliphatic heterocycles. The molecule has 0 saturated heterocycles. The molecule has 0 fully saturated rings. The summed E-state index contributed by atoms with van der Waals surface area (Å²) in [5, 5.41) is 2.78. The summed E-state index contributed by atoms with van der Waals surface area (Å²) in [4.78, 5) is 10.6. The zero-order valence-corrected chi connectivity index (χ0v) is 13.0. The van der Waals surface area contributed by atoms with Crippen molar-refractivity contribution in [3.63, 3.8) is 0 Å². The Morgan fingerprint density at radius 1 is 1.19 bits per heavy atom. The van der Waals surface area contributed by atoms with E-state index in [0.29, 0.717) is 19.6 Å². The molecule has 4 heteroatoms. The summed E-state index contributed by atoms with van der Waals surface area (Å²) in [5.41, 5.74) is 2.13. The van der Waals surface area contributed by atoms with Crippen molar-refractivity contribution in [1.29, 1.82) is 0 Å². The summed E-state index contributed by atoms with van der Waals surface area (Å²) in [5.74, 6) is 0. The fraction of sp³-hybridized carbons (Fsp3) is 0.353. The van der Waals surface area contributed by atoms with Crippen molar-refractivity contribution in [3.8, 4) is 5.69 Å². The summed E-state index contributed by atoms with van der Waals surface area (Å²) in [7, 11) is 0. The van der Waals surface area contributed by atoms with Crippen molar-refractivity contribution in [2.24, 2.45) is 0 Å². The maximum atomic E-state index is 10.6. The van der Waals surface area contributed by atoms with E-state index in [9.17, 15) is 4.79 Å². The van der Waals surface area contributed by atoms with Crippen LogP contribution in [0.15, 0.2) is 48.8 Å². The van der Waals surface area contributed by atoms with Gasteiger partial charge in [-0.3, -0.25) is 4.79 Å². The van der Waals surface area contributed by atoms with E-state index in [0.717, 1.165) is 11.3 Å². The van der Waals surface area contributed by atoms with E-state index in [4.69, 9.17) is 4.74 Å². The molecule has 2 rings (SSSR count). The van der Waals surface area contributed by atoms with Gasteiger partial charge in [-0.15, -0.1) is 0 Å². The molecule has 0 aliphatic rings. The third-order valence-electron chi connectivity index (χ3n) is 2.96. The van der Waals surface area contributed by atoms with Crippen molar-refractivity contribution >= 4 is 6.41 Å². The minimum Gasteiger partial charge on any atom is -0.379 e. The first-order chi connectivity index (χ1) is 10.3. The third kappa shape index (κ3) is 5.08. The highest BCUT2D eigenvalue weighted by Gasteiger charge is 2.10. The zero-order chi connectivity index (χ0) is 15.5. The van der Waals surface area contributed by atoms with Gasteiger partial charge in [0.1, 0.15) is 0 Å². The predicted molar refractivity (Wildman–Crippen MR) is 85.6 cm³/mol. The number of ether oxygens (including phenoxy) is 1. The van der Waals surface area contributed by atoms with Crippen molar-refractivity contribution < 1.29 is 9.53 Å². The van der Waals surface area contributed by atoms with E-state index < -0.39 is 0 Å². The number of benzene rings is 1. The van der Waals surface area contributed by atoms with Gasteiger partial charge < -0.3 is 14.6 Å². The first-order valence-corrected chi connectivity index (χ1v) is 7.36. The molecule has 0 bridgehead atoms. The number of nitrogens with zero attached hydrogens (tertiary/aromatic N) is 1. The number of carbonyl (C=O) groups excluding carboxylic acids is 1. The van der Waals surface area contributed by atoms with Crippen LogP contribution in [0, 0.1) is 0 Å². The predicted octanol–water partition coefficient (Wildman–Crippen LogP) is 3.33. The van der Waals surface area contributed by atoms with Crippen molar-refractivity contribution in [1.82, 2.24) is 9.88 Å². The lowest BCUT2D eigenvalue weighted by Gasteiger charge is -2.16. The molecule has 0 radical (unpaired) electrons. The second-order valence-corrected chi connectivity index (χ2v) is 4.18. The topological polar surface area (TPSA) is 43.3 Å². The molecule has 0 saturated carbocycles. The van der Waals surface area contributed by atoms with E-state index >= 15 is 0 Å². The highest BCUT2D eigenvalue weighted by atomic mass is 16.5. The SMILES string of the molecule is CC.CCOCC(NC=O)c1ccc(-n2cccc2)cc1. The Morgan fingerprint density at radius 3 is 2.33 bits per heavy atom. The normalized spacial score (nSPS) is 11.2. The maximum Gasteiger partial charge on any atom is 0.207 e. The van der Waals surface area contributed by atoms with Gasteiger partial charge in [0.25, 0.3) is 0 Å². The van der Waals surface area contributed by atoms with Gasteiger partial charge in [0.2, 0.25) is 6.41 Å². The van der Waals surface area contributed by atoms with E-state index in [1.54, 1.807) is 0 Å². The lowest BCUT2D eigenvalue weighted by atomic mass is 10.1. The molecule has 1 aromatic carbocycles. The number of hydrogen-bond acceptors (Lipinski definition) is 2. The monoisotopic (exact) mass is 288 g/mol. The standard InChI is InChI=1S/C15H18N2O2.C2H6/c1-2-19-11-15(16-12-18)13-5-7-14(8-6-13)17-9-3-4-10-17;1-2/h3-10,12,15H,2,11H2,1H3,(H,16,18);1-2H3. The van der Waals surface area contributed by atoms with Gasteiger partial charge in [-0.2, -0.15) is 0 Å². The number of hydrogen-bond donors (Lipinski definition) is 1. The molecule has 1 unspecified atom stereocenters. The van der Waals surface area contributed by atoms with Crippen LogP contribution in [-0.2, 0) is 9.53 Å². The van der Waals surface area contributed by atoms with Crippen LogP contribution in [0.25, 0.3) is 5.69 Å². The fourth-order valence-corrected chi connectivity index (χ4v) is 1.94. The van der Waals surface area contributed by atoms with Crippen LogP contribution in [0.3, 0.4) is 0 Å². The van der Waals surface area contributed by atoms with Gasteiger partial charge >= 0.3 is 0 Å². The Hall–Kier alpha value is -2.07. The summed E-state index contributed by atoms with van der Waals surface area (Å²) >= 11 is 0. The van der Waals surface area contributed by atoms with Gasteiger partial charge in [0, 0.05) is 24.7 Å². The Bertz CT molecular complexity index is 492. The van der Waals surface area contributed by atoms with Crippen LogP contribution in [0.2, 0.25) is 0 Å². The largest absolute Gasteiger partial charge is 0.379 e. The average Bonchev–Trinajstić information content (AvgIpc) is 3.08.